The largest absolute Gasteiger partial charge is 0.512 e. The number of sulfonamides is 1. The Morgan fingerprint density at radius 1 is 1.27 bits per heavy atom. The molecule has 26 heavy (non-hydrogen) atoms. The molecule has 2 rings (SSSR count). The van der Waals surface area contributed by atoms with Gasteiger partial charge >= 0.3 is 6.16 Å². The SMILES string of the molecule is Cc1ccccc1S(=O)(=O)Nc1cc(C#C[Si](C)(C)C)sc1OC(=O)O. The molecule has 0 amide bonds. The number of aryl methyl sites for hydroxylation is 1. The maximum absolute atomic E-state index is 12.6. The lowest BCUT2D eigenvalue weighted by molar-refractivity contribution is 0.146. The second-order valence-electron chi connectivity index (χ2n) is 6.55. The number of benzene rings is 1. The van der Waals surface area contributed by atoms with Crippen molar-refractivity contribution in [2.45, 2.75) is 31.5 Å². The van der Waals surface area contributed by atoms with Gasteiger partial charge in [-0.15, -0.1) is 5.54 Å². The van der Waals surface area contributed by atoms with Gasteiger partial charge in [0.2, 0.25) is 5.06 Å². The smallest absolute Gasteiger partial charge is 0.449 e. The lowest BCUT2D eigenvalue weighted by Crippen LogP contribution is -2.16. The van der Waals surface area contributed by atoms with Crippen molar-refractivity contribution >= 4 is 41.3 Å². The number of anilines is 1. The fraction of sp³-hybridized carbons (Fsp3) is 0.235. The number of hydrogen-bond donors (Lipinski definition) is 2. The van der Waals surface area contributed by atoms with Crippen LogP contribution in [0.25, 0.3) is 0 Å². The summed E-state index contributed by atoms with van der Waals surface area (Å²) in [5.74, 6) is 2.98. The van der Waals surface area contributed by atoms with Gasteiger partial charge in [0, 0.05) is 0 Å². The minimum atomic E-state index is -3.89. The topological polar surface area (TPSA) is 92.7 Å². The van der Waals surface area contributed by atoms with Crippen LogP contribution in [0.5, 0.6) is 5.06 Å². The number of rotatable bonds is 4. The Bertz CT molecular complexity index is 994. The molecule has 0 bridgehead atoms. The summed E-state index contributed by atoms with van der Waals surface area (Å²) in [7, 11) is -5.53. The minimum Gasteiger partial charge on any atom is -0.449 e. The highest BCUT2D eigenvalue weighted by atomic mass is 32.2. The predicted molar refractivity (Wildman–Crippen MR) is 105 cm³/mol. The zero-order chi connectivity index (χ0) is 19.5. The first-order valence-corrected chi connectivity index (χ1v) is 13.4. The van der Waals surface area contributed by atoms with Gasteiger partial charge in [0.05, 0.1) is 9.77 Å². The van der Waals surface area contributed by atoms with Crippen LogP contribution in [0.3, 0.4) is 0 Å². The number of hydrogen-bond acceptors (Lipinski definition) is 5. The summed E-state index contributed by atoms with van der Waals surface area (Å²) in [5, 5.41) is 8.84. The second kappa shape index (κ2) is 7.53. The molecule has 0 aliphatic rings. The van der Waals surface area contributed by atoms with Gasteiger partial charge in [-0.05, 0) is 24.6 Å². The van der Waals surface area contributed by atoms with Crippen LogP contribution in [-0.4, -0.2) is 27.8 Å². The summed E-state index contributed by atoms with van der Waals surface area (Å²) in [4.78, 5) is 11.6. The van der Waals surface area contributed by atoms with Crippen molar-refractivity contribution in [1.82, 2.24) is 0 Å². The molecule has 9 heteroatoms. The van der Waals surface area contributed by atoms with E-state index in [-0.39, 0.29) is 15.6 Å². The average molecular weight is 410 g/mol. The molecule has 0 saturated carbocycles. The lowest BCUT2D eigenvalue weighted by Gasteiger charge is -2.10. The van der Waals surface area contributed by atoms with Gasteiger partial charge in [-0.25, -0.2) is 13.2 Å². The van der Waals surface area contributed by atoms with E-state index >= 15 is 0 Å². The third kappa shape index (κ3) is 5.36. The van der Waals surface area contributed by atoms with Gasteiger partial charge in [0.1, 0.15) is 13.8 Å². The molecule has 0 radical (unpaired) electrons. The van der Waals surface area contributed by atoms with Crippen molar-refractivity contribution in [2.75, 3.05) is 4.72 Å². The van der Waals surface area contributed by atoms with E-state index in [2.05, 4.69) is 35.8 Å². The molecular weight excluding hydrogens is 390 g/mol. The molecule has 0 spiro atoms. The van der Waals surface area contributed by atoms with Crippen LogP contribution < -0.4 is 9.46 Å². The summed E-state index contributed by atoms with van der Waals surface area (Å²) < 4.78 is 32.4. The Labute approximate surface area is 157 Å². The summed E-state index contributed by atoms with van der Waals surface area (Å²) >= 11 is 0.987. The molecule has 2 N–H and O–H groups in total. The number of nitrogens with one attached hydrogen (secondary N) is 1. The number of carbonyl (C=O) groups is 1. The highest BCUT2D eigenvalue weighted by molar-refractivity contribution is 7.92. The van der Waals surface area contributed by atoms with Crippen LogP contribution in [0.1, 0.15) is 10.4 Å². The molecule has 1 heterocycles. The summed E-state index contributed by atoms with van der Waals surface area (Å²) in [6, 6.07) is 8.01. The minimum absolute atomic E-state index is 0.0560. The zero-order valence-corrected chi connectivity index (χ0v) is 17.4. The third-order valence-corrected chi connectivity index (χ3v) is 6.40. The molecule has 0 saturated heterocycles. The fourth-order valence-electron chi connectivity index (χ4n) is 1.97. The van der Waals surface area contributed by atoms with Crippen molar-refractivity contribution in [3.8, 4) is 16.5 Å². The Kier molecular flexibility index (Phi) is 5.80. The van der Waals surface area contributed by atoms with Crippen molar-refractivity contribution in [3.05, 3.63) is 40.8 Å². The van der Waals surface area contributed by atoms with E-state index in [4.69, 9.17) is 9.84 Å². The van der Waals surface area contributed by atoms with E-state index in [0.29, 0.717) is 10.4 Å². The highest BCUT2D eigenvalue weighted by Crippen LogP contribution is 2.36. The second-order valence-corrected chi connectivity index (χ2v) is 14.0. The molecule has 0 aliphatic carbocycles. The summed E-state index contributed by atoms with van der Waals surface area (Å²) in [5.41, 5.74) is 3.79. The van der Waals surface area contributed by atoms with Crippen LogP contribution in [0.4, 0.5) is 10.5 Å². The number of ether oxygens (including phenoxy) is 1. The molecule has 0 aliphatic heterocycles. The maximum atomic E-state index is 12.6. The molecule has 0 atom stereocenters. The normalized spacial score (nSPS) is 11.4. The molecule has 2 aromatic rings. The standard InChI is InChI=1S/C17H19NO5S2Si/c1-12-7-5-6-8-15(12)25(21,22)18-14-11-13(9-10-26(2,3)4)24-16(14)23-17(19)20/h5-8,11,18H,1-4H3,(H,19,20). The molecule has 0 unspecified atom stereocenters. The van der Waals surface area contributed by atoms with Crippen molar-refractivity contribution in [2.24, 2.45) is 0 Å². The Morgan fingerprint density at radius 2 is 1.92 bits per heavy atom. The molecule has 138 valence electrons. The van der Waals surface area contributed by atoms with Crippen molar-refractivity contribution in [3.63, 3.8) is 0 Å². The van der Waals surface area contributed by atoms with Crippen LogP contribution in [0, 0.1) is 18.4 Å². The Hall–Kier alpha value is -2.28. The first-order valence-electron chi connectivity index (χ1n) is 7.64. The van der Waals surface area contributed by atoms with Gasteiger partial charge in [0.15, 0.2) is 0 Å². The molecule has 0 fully saturated rings. The molecule has 1 aromatic carbocycles. The maximum Gasteiger partial charge on any atom is 0.512 e. The van der Waals surface area contributed by atoms with Crippen molar-refractivity contribution < 1.29 is 23.1 Å². The highest BCUT2D eigenvalue weighted by Gasteiger charge is 2.22. The van der Waals surface area contributed by atoms with Gasteiger partial charge in [-0.2, -0.15) is 0 Å². The fourth-order valence-corrected chi connectivity index (χ4v) is 4.75. The van der Waals surface area contributed by atoms with Gasteiger partial charge in [0.25, 0.3) is 10.0 Å². The van der Waals surface area contributed by atoms with Crippen LogP contribution in [0.2, 0.25) is 19.6 Å². The van der Waals surface area contributed by atoms with Gasteiger partial charge < -0.3 is 9.84 Å². The van der Waals surface area contributed by atoms with Crippen molar-refractivity contribution in [1.29, 1.82) is 0 Å². The van der Waals surface area contributed by atoms with E-state index in [1.54, 1.807) is 25.1 Å². The van der Waals surface area contributed by atoms with E-state index in [9.17, 15) is 13.2 Å². The molecular formula is C17H19NO5S2Si. The van der Waals surface area contributed by atoms with E-state index in [1.807, 2.05) is 0 Å². The number of thiophene rings is 1. The Balaban J connectivity index is 2.44. The monoisotopic (exact) mass is 409 g/mol. The third-order valence-electron chi connectivity index (χ3n) is 3.07. The van der Waals surface area contributed by atoms with E-state index in [1.165, 1.54) is 12.1 Å². The van der Waals surface area contributed by atoms with Gasteiger partial charge in [-0.3, -0.25) is 4.72 Å². The first-order chi connectivity index (χ1) is 12.0. The summed E-state index contributed by atoms with van der Waals surface area (Å²) in [6.07, 6.45) is -1.52. The summed E-state index contributed by atoms with van der Waals surface area (Å²) in [6.45, 7) is 7.90. The molecule has 1 aromatic heterocycles. The lowest BCUT2D eigenvalue weighted by atomic mass is 10.2. The first kappa shape index (κ1) is 20.0. The van der Waals surface area contributed by atoms with Crippen LogP contribution >= 0.6 is 11.3 Å². The Morgan fingerprint density at radius 3 is 2.50 bits per heavy atom. The van der Waals surface area contributed by atoms with Gasteiger partial charge in [-0.1, -0.05) is 55.1 Å². The number of carboxylic acid groups (broad SMARTS) is 1. The van der Waals surface area contributed by atoms with E-state index < -0.39 is 24.3 Å². The van der Waals surface area contributed by atoms with Crippen LogP contribution in [0.15, 0.2) is 35.2 Å². The van der Waals surface area contributed by atoms with E-state index in [0.717, 1.165) is 11.3 Å². The predicted octanol–water partition coefficient (Wildman–Crippen LogP) is 4.14. The van der Waals surface area contributed by atoms with Crippen LogP contribution in [-0.2, 0) is 10.0 Å². The average Bonchev–Trinajstić information content (AvgIpc) is 2.85. The quantitative estimate of drug-likeness (QED) is 0.450. The zero-order valence-electron chi connectivity index (χ0n) is 14.8. The molecule has 6 nitrogen and oxygen atoms in total.